The quantitative estimate of drug-likeness (QED) is 0.774. The molecule has 6 heteroatoms. The molecule has 2 heterocycles. The number of amides is 1. The molecule has 0 saturated carbocycles. The van der Waals surface area contributed by atoms with E-state index in [0.717, 1.165) is 0 Å². The summed E-state index contributed by atoms with van der Waals surface area (Å²) in [6, 6.07) is 3.42. The van der Waals surface area contributed by atoms with Crippen LogP contribution in [0, 0.1) is 0 Å². The van der Waals surface area contributed by atoms with Gasteiger partial charge in [0.05, 0.1) is 30.9 Å². The number of rotatable bonds is 3. The van der Waals surface area contributed by atoms with Crippen molar-refractivity contribution in [3.8, 4) is 0 Å². The van der Waals surface area contributed by atoms with Crippen LogP contribution in [0.2, 0.25) is 0 Å². The number of hydrogen-bond acceptors (Lipinski definition) is 5. The molecular weight excluding hydrogens is 234 g/mol. The van der Waals surface area contributed by atoms with Gasteiger partial charge in [-0.2, -0.15) is 0 Å². The summed E-state index contributed by atoms with van der Waals surface area (Å²) in [5, 5.41) is 9.16. The number of aliphatic hydroxyl groups excluding tert-OH is 1. The predicted molar refractivity (Wildman–Crippen MR) is 66.4 cm³/mol. The molecular formula is C12H17N3O3. The molecule has 1 aliphatic rings. The van der Waals surface area contributed by atoms with Crippen LogP contribution in [0.5, 0.6) is 0 Å². The Morgan fingerprint density at radius 2 is 2.50 bits per heavy atom. The van der Waals surface area contributed by atoms with Crippen molar-refractivity contribution >= 4 is 11.7 Å². The highest BCUT2D eigenvalue weighted by Crippen LogP contribution is 2.23. The maximum absolute atomic E-state index is 11.4. The van der Waals surface area contributed by atoms with E-state index in [-0.39, 0.29) is 18.8 Å². The minimum Gasteiger partial charge on any atom is -0.394 e. The van der Waals surface area contributed by atoms with Crippen molar-refractivity contribution < 1.29 is 14.6 Å². The third-order valence-electron chi connectivity index (χ3n) is 3.03. The highest BCUT2D eigenvalue weighted by atomic mass is 16.5. The van der Waals surface area contributed by atoms with E-state index in [0.29, 0.717) is 24.5 Å². The Bertz CT molecular complexity index is 438. The number of hydrogen-bond donors (Lipinski definition) is 2. The molecule has 0 radical (unpaired) electrons. The Balaban J connectivity index is 2.31. The molecule has 0 bridgehead atoms. The van der Waals surface area contributed by atoms with Crippen LogP contribution in [0.15, 0.2) is 18.3 Å². The van der Waals surface area contributed by atoms with Gasteiger partial charge in [-0.05, 0) is 19.1 Å². The van der Waals surface area contributed by atoms with Gasteiger partial charge in [0, 0.05) is 12.7 Å². The summed E-state index contributed by atoms with van der Waals surface area (Å²) in [6.07, 6.45) is 1.36. The molecule has 0 aromatic carbocycles. The fourth-order valence-electron chi connectivity index (χ4n) is 2.04. The first kappa shape index (κ1) is 12.8. The van der Waals surface area contributed by atoms with E-state index in [9.17, 15) is 4.79 Å². The van der Waals surface area contributed by atoms with Crippen molar-refractivity contribution in [2.45, 2.75) is 19.1 Å². The third-order valence-corrected chi connectivity index (χ3v) is 3.03. The zero-order valence-corrected chi connectivity index (χ0v) is 10.2. The van der Waals surface area contributed by atoms with Crippen LogP contribution in [-0.4, -0.2) is 47.9 Å². The molecule has 2 rings (SSSR count). The molecule has 3 N–H and O–H groups in total. The number of ether oxygens (including phenoxy) is 1. The lowest BCUT2D eigenvalue weighted by Gasteiger charge is -2.38. The first-order valence-electron chi connectivity index (χ1n) is 5.87. The van der Waals surface area contributed by atoms with Crippen molar-refractivity contribution in [3.05, 3.63) is 23.9 Å². The average molecular weight is 251 g/mol. The number of aromatic nitrogens is 1. The number of carbonyl (C=O) groups is 1. The van der Waals surface area contributed by atoms with E-state index in [1.807, 2.05) is 11.8 Å². The molecule has 98 valence electrons. The van der Waals surface area contributed by atoms with Crippen LogP contribution in [0.1, 0.15) is 17.3 Å². The minimum absolute atomic E-state index is 0.0536. The van der Waals surface area contributed by atoms with Crippen LogP contribution >= 0.6 is 0 Å². The number of aliphatic hydroxyl groups is 1. The second-order valence-corrected chi connectivity index (χ2v) is 4.38. The maximum atomic E-state index is 11.4. The molecule has 2 unspecified atom stereocenters. The van der Waals surface area contributed by atoms with Crippen molar-refractivity contribution in [2.75, 3.05) is 24.7 Å². The lowest BCUT2D eigenvalue weighted by atomic mass is 10.1. The fraction of sp³-hybridized carbons (Fsp3) is 0.500. The lowest BCUT2D eigenvalue weighted by molar-refractivity contribution is -0.0106. The summed E-state index contributed by atoms with van der Waals surface area (Å²) >= 11 is 0. The molecule has 2 atom stereocenters. The molecule has 1 aromatic heterocycles. The van der Waals surface area contributed by atoms with Gasteiger partial charge in [-0.3, -0.25) is 4.79 Å². The van der Waals surface area contributed by atoms with E-state index >= 15 is 0 Å². The van der Waals surface area contributed by atoms with Gasteiger partial charge < -0.3 is 20.5 Å². The molecule has 1 amide bonds. The Kier molecular flexibility index (Phi) is 3.78. The summed E-state index contributed by atoms with van der Waals surface area (Å²) in [6.45, 7) is 2.91. The maximum Gasteiger partial charge on any atom is 0.252 e. The van der Waals surface area contributed by atoms with Gasteiger partial charge in [0.2, 0.25) is 0 Å². The van der Waals surface area contributed by atoms with E-state index in [4.69, 9.17) is 15.6 Å². The highest BCUT2D eigenvalue weighted by molar-refractivity contribution is 5.97. The van der Waals surface area contributed by atoms with E-state index in [1.165, 1.54) is 0 Å². The number of carbonyl (C=O) groups excluding carboxylic acids is 1. The predicted octanol–water partition coefficient (Wildman–Crippen LogP) is -0.234. The number of pyridine rings is 1. The zero-order chi connectivity index (χ0) is 13.1. The number of nitrogens with two attached hydrogens (primary N) is 1. The van der Waals surface area contributed by atoms with E-state index in [2.05, 4.69) is 4.98 Å². The van der Waals surface area contributed by atoms with Crippen LogP contribution in [0.4, 0.5) is 5.82 Å². The SMILES string of the molecule is CC1COC(CO)CN1c1ncccc1C(N)=O. The molecule has 0 aliphatic carbocycles. The van der Waals surface area contributed by atoms with Crippen LogP contribution in [-0.2, 0) is 4.74 Å². The Morgan fingerprint density at radius 1 is 1.72 bits per heavy atom. The van der Waals surface area contributed by atoms with E-state index < -0.39 is 5.91 Å². The fourth-order valence-corrected chi connectivity index (χ4v) is 2.04. The molecule has 1 aliphatic heterocycles. The normalized spacial score (nSPS) is 24.0. The number of anilines is 1. The largest absolute Gasteiger partial charge is 0.394 e. The van der Waals surface area contributed by atoms with Gasteiger partial charge in [0.15, 0.2) is 0 Å². The first-order chi connectivity index (χ1) is 8.63. The summed E-state index contributed by atoms with van der Waals surface area (Å²) < 4.78 is 5.46. The topological polar surface area (TPSA) is 88.7 Å². The number of nitrogens with zero attached hydrogens (tertiary/aromatic N) is 2. The lowest BCUT2D eigenvalue weighted by Crippen LogP contribution is -2.50. The smallest absolute Gasteiger partial charge is 0.252 e. The highest BCUT2D eigenvalue weighted by Gasteiger charge is 2.28. The summed E-state index contributed by atoms with van der Waals surface area (Å²) in [5.74, 6) is 0.0524. The van der Waals surface area contributed by atoms with Crippen LogP contribution in [0.3, 0.4) is 0 Å². The van der Waals surface area contributed by atoms with Crippen molar-refractivity contribution in [1.82, 2.24) is 4.98 Å². The first-order valence-corrected chi connectivity index (χ1v) is 5.87. The summed E-state index contributed by atoms with van der Waals surface area (Å²) in [4.78, 5) is 17.6. The molecule has 1 saturated heterocycles. The van der Waals surface area contributed by atoms with Gasteiger partial charge >= 0.3 is 0 Å². The van der Waals surface area contributed by atoms with E-state index in [1.54, 1.807) is 18.3 Å². The standard InChI is InChI=1S/C12H17N3O3/c1-8-7-18-9(6-16)5-15(8)12-10(11(13)17)3-2-4-14-12/h2-4,8-9,16H,5-7H2,1H3,(H2,13,17). The van der Waals surface area contributed by atoms with Crippen LogP contribution < -0.4 is 10.6 Å². The van der Waals surface area contributed by atoms with Gasteiger partial charge in [0.1, 0.15) is 5.82 Å². The summed E-state index contributed by atoms with van der Waals surface area (Å²) in [5.41, 5.74) is 5.74. The average Bonchev–Trinajstić information content (AvgIpc) is 2.39. The van der Waals surface area contributed by atoms with Crippen LogP contribution in [0.25, 0.3) is 0 Å². The van der Waals surface area contributed by atoms with Gasteiger partial charge in [-0.25, -0.2) is 4.98 Å². The monoisotopic (exact) mass is 251 g/mol. The van der Waals surface area contributed by atoms with Crippen molar-refractivity contribution in [2.24, 2.45) is 5.73 Å². The Labute approximate surface area is 105 Å². The van der Waals surface area contributed by atoms with Gasteiger partial charge in [-0.1, -0.05) is 0 Å². The molecule has 1 fully saturated rings. The third kappa shape index (κ3) is 2.44. The molecule has 6 nitrogen and oxygen atoms in total. The van der Waals surface area contributed by atoms with Gasteiger partial charge in [0.25, 0.3) is 5.91 Å². The second-order valence-electron chi connectivity index (χ2n) is 4.38. The summed E-state index contributed by atoms with van der Waals surface area (Å²) in [7, 11) is 0. The van der Waals surface area contributed by atoms with Gasteiger partial charge in [-0.15, -0.1) is 0 Å². The molecule has 0 spiro atoms. The Hall–Kier alpha value is -1.66. The molecule has 18 heavy (non-hydrogen) atoms. The number of primary amides is 1. The minimum atomic E-state index is -0.502. The second kappa shape index (κ2) is 5.32. The zero-order valence-electron chi connectivity index (χ0n) is 10.2. The van der Waals surface area contributed by atoms with Crippen molar-refractivity contribution in [1.29, 1.82) is 0 Å². The Morgan fingerprint density at radius 3 is 3.17 bits per heavy atom. The van der Waals surface area contributed by atoms with Crippen molar-refractivity contribution in [3.63, 3.8) is 0 Å². The molecule has 1 aromatic rings. The number of morpholine rings is 1.